The third kappa shape index (κ3) is 4.34. The highest BCUT2D eigenvalue weighted by Crippen LogP contribution is 2.40. The lowest BCUT2D eigenvalue weighted by atomic mass is 9.78. The Bertz CT molecular complexity index is 475. The van der Waals surface area contributed by atoms with Crippen LogP contribution in [0.2, 0.25) is 0 Å². The SMILES string of the molecule is O=C(CN1CCCCCCC1)N1CCC2(CCCN(CCO)C2=O)C1. The first-order chi connectivity index (χ1) is 12.1. The fraction of sp³-hybridized carbons (Fsp3) is 0.895. The number of aliphatic hydroxyl groups is 1. The molecular weight excluding hydrogens is 318 g/mol. The second kappa shape index (κ2) is 8.49. The predicted octanol–water partition coefficient (Wildman–Crippen LogP) is 1.09. The van der Waals surface area contributed by atoms with Crippen LogP contribution in [0, 0.1) is 5.41 Å². The van der Waals surface area contributed by atoms with E-state index in [9.17, 15) is 9.59 Å². The van der Waals surface area contributed by atoms with Crippen LogP contribution in [0.5, 0.6) is 0 Å². The van der Waals surface area contributed by atoms with Gasteiger partial charge in [0.25, 0.3) is 0 Å². The molecule has 1 N–H and O–H groups in total. The maximum absolute atomic E-state index is 12.8. The minimum absolute atomic E-state index is 0.0133. The summed E-state index contributed by atoms with van der Waals surface area (Å²) in [6.07, 6.45) is 8.86. The second-order valence-corrected chi connectivity index (χ2v) is 8.01. The van der Waals surface area contributed by atoms with Gasteiger partial charge in [-0.2, -0.15) is 0 Å². The average molecular weight is 351 g/mol. The number of aliphatic hydroxyl groups excluding tert-OH is 1. The van der Waals surface area contributed by atoms with E-state index in [1.165, 1.54) is 32.1 Å². The lowest BCUT2D eigenvalue weighted by Gasteiger charge is -2.39. The van der Waals surface area contributed by atoms with Crippen LogP contribution in [0.4, 0.5) is 0 Å². The summed E-state index contributed by atoms with van der Waals surface area (Å²) >= 11 is 0. The van der Waals surface area contributed by atoms with Crippen molar-refractivity contribution in [1.29, 1.82) is 0 Å². The van der Waals surface area contributed by atoms with Gasteiger partial charge in [0, 0.05) is 26.2 Å². The van der Waals surface area contributed by atoms with Crippen molar-refractivity contribution in [2.45, 2.75) is 51.4 Å². The Morgan fingerprint density at radius 3 is 2.40 bits per heavy atom. The summed E-state index contributed by atoms with van der Waals surface area (Å²) in [5.41, 5.74) is -0.390. The van der Waals surface area contributed by atoms with E-state index >= 15 is 0 Å². The van der Waals surface area contributed by atoms with Crippen LogP contribution in [0.25, 0.3) is 0 Å². The van der Waals surface area contributed by atoms with Gasteiger partial charge in [-0.05, 0) is 45.2 Å². The maximum Gasteiger partial charge on any atom is 0.236 e. The van der Waals surface area contributed by atoms with E-state index in [0.29, 0.717) is 26.2 Å². The van der Waals surface area contributed by atoms with Gasteiger partial charge in [-0.3, -0.25) is 14.5 Å². The molecule has 0 bridgehead atoms. The zero-order valence-corrected chi connectivity index (χ0v) is 15.4. The molecule has 6 heteroatoms. The van der Waals surface area contributed by atoms with E-state index in [1.54, 1.807) is 4.90 Å². The zero-order valence-electron chi connectivity index (χ0n) is 15.4. The fourth-order valence-corrected chi connectivity index (χ4v) is 4.71. The highest BCUT2D eigenvalue weighted by molar-refractivity contribution is 5.86. The molecule has 1 atom stereocenters. The molecule has 1 unspecified atom stereocenters. The molecule has 3 aliphatic rings. The first-order valence-electron chi connectivity index (χ1n) is 10.0. The van der Waals surface area contributed by atoms with Crippen LogP contribution in [0.1, 0.15) is 51.4 Å². The number of hydrogen-bond acceptors (Lipinski definition) is 4. The van der Waals surface area contributed by atoms with Gasteiger partial charge in [0.2, 0.25) is 11.8 Å². The Morgan fingerprint density at radius 1 is 0.960 bits per heavy atom. The molecule has 25 heavy (non-hydrogen) atoms. The van der Waals surface area contributed by atoms with Gasteiger partial charge >= 0.3 is 0 Å². The molecule has 0 saturated carbocycles. The molecule has 3 saturated heterocycles. The molecule has 0 radical (unpaired) electrons. The third-order valence-electron chi connectivity index (χ3n) is 6.21. The third-order valence-corrected chi connectivity index (χ3v) is 6.21. The van der Waals surface area contributed by atoms with E-state index in [0.717, 1.165) is 38.9 Å². The van der Waals surface area contributed by atoms with E-state index < -0.39 is 0 Å². The Labute approximate surface area is 151 Å². The summed E-state index contributed by atoms with van der Waals surface area (Å²) in [4.78, 5) is 31.6. The Morgan fingerprint density at radius 2 is 1.68 bits per heavy atom. The van der Waals surface area contributed by atoms with Crippen molar-refractivity contribution in [3.63, 3.8) is 0 Å². The van der Waals surface area contributed by atoms with Crippen LogP contribution in [-0.4, -0.2) is 84.0 Å². The van der Waals surface area contributed by atoms with Crippen molar-refractivity contribution in [2.24, 2.45) is 5.41 Å². The molecular formula is C19H33N3O3. The maximum atomic E-state index is 12.8. The first kappa shape index (κ1) is 18.6. The Balaban J connectivity index is 1.56. The molecule has 3 fully saturated rings. The summed E-state index contributed by atoms with van der Waals surface area (Å²) in [6.45, 7) is 4.99. The van der Waals surface area contributed by atoms with Crippen molar-refractivity contribution in [3.05, 3.63) is 0 Å². The normalized spacial score (nSPS) is 29.1. The molecule has 142 valence electrons. The van der Waals surface area contributed by atoms with Gasteiger partial charge < -0.3 is 14.9 Å². The fourth-order valence-electron chi connectivity index (χ4n) is 4.71. The van der Waals surface area contributed by atoms with E-state index in [-0.39, 0.29) is 23.8 Å². The lowest BCUT2D eigenvalue weighted by Crippen LogP contribution is -2.51. The van der Waals surface area contributed by atoms with Crippen molar-refractivity contribution in [1.82, 2.24) is 14.7 Å². The Hall–Kier alpha value is -1.14. The van der Waals surface area contributed by atoms with E-state index in [1.807, 2.05) is 4.90 Å². The van der Waals surface area contributed by atoms with Gasteiger partial charge in [-0.15, -0.1) is 0 Å². The number of hydrogen-bond donors (Lipinski definition) is 1. The van der Waals surface area contributed by atoms with Gasteiger partial charge in [0.15, 0.2) is 0 Å². The first-order valence-corrected chi connectivity index (χ1v) is 10.0. The van der Waals surface area contributed by atoms with Gasteiger partial charge in [0.1, 0.15) is 0 Å². The van der Waals surface area contributed by atoms with Gasteiger partial charge in [-0.1, -0.05) is 19.3 Å². The van der Waals surface area contributed by atoms with Crippen LogP contribution < -0.4 is 0 Å². The van der Waals surface area contributed by atoms with Crippen molar-refractivity contribution >= 4 is 11.8 Å². The second-order valence-electron chi connectivity index (χ2n) is 8.01. The number of nitrogens with zero attached hydrogens (tertiary/aromatic N) is 3. The number of carbonyl (C=O) groups excluding carboxylic acids is 2. The molecule has 2 amide bonds. The molecule has 3 heterocycles. The van der Waals surface area contributed by atoms with Crippen LogP contribution >= 0.6 is 0 Å². The quantitative estimate of drug-likeness (QED) is 0.823. The monoisotopic (exact) mass is 351 g/mol. The molecule has 3 aliphatic heterocycles. The van der Waals surface area contributed by atoms with Gasteiger partial charge in [0.05, 0.1) is 18.6 Å². The summed E-state index contributed by atoms with van der Waals surface area (Å²) in [6, 6.07) is 0. The number of β-amino-alcohol motifs (C(OH)–C–C–N with tert-alkyl or cyclic N) is 1. The highest BCUT2D eigenvalue weighted by Gasteiger charge is 2.49. The standard InChI is InChI=1S/C19H33N3O3/c23-14-13-21-11-6-7-19(18(21)25)8-12-22(16-19)17(24)15-20-9-4-2-1-3-5-10-20/h23H,1-16H2. The van der Waals surface area contributed by atoms with Crippen molar-refractivity contribution in [2.75, 3.05) is 52.4 Å². The largest absolute Gasteiger partial charge is 0.395 e. The number of likely N-dealkylation sites (tertiary alicyclic amines) is 3. The van der Waals surface area contributed by atoms with Crippen LogP contribution in [-0.2, 0) is 9.59 Å². The van der Waals surface area contributed by atoms with E-state index in [4.69, 9.17) is 5.11 Å². The van der Waals surface area contributed by atoms with Crippen molar-refractivity contribution in [3.8, 4) is 0 Å². The number of rotatable bonds is 4. The topological polar surface area (TPSA) is 64.1 Å². The molecule has 1 spiro atoms. The minimum atomic E-state index is -0.390. The van der Waals surface area contributed by atoms with Crippen molar-refractivity contribution < 1.29 is 14.7 Å². The number of amides is 2. The summed E-state index contributed by atoms with van der Waals surface area (Å²) in [7, 11) is 0. The minimum Gasteiger partial charge on any atom is -0.395 e. The van der Waals surface area contributed by atoms with Crippen LogP contribution in [0.3, 0.4) is 0 Å². The highest BCUT2D eigenvalue weighted by atomic mass is 16.3. The van der Waals surface area contributed by atoms with Gasteiger partial charge in [-0.25, -0.2) is 0 Å². The molecule has 0 aromatic heterocycles. The molecule has 6 nitrogen and oxygen atoms in total. The molecule has 3 rings (SSSR count). The molecule has 0 aliphatic carbocycles. The number of carbonyl (C=O) groups is 2. The zero-order chi connectivity index (χ0) is 17.7. The van der Waals surface area contributed by atoms with Crippen LogP contribution in [0.15, 0.2) is 0 Å². The van der Waals surface area contributed by atoms with E-state index in [2.05, 4.69) is 4.90 Å². The molecule has 0 aromatic rings. The summed E-state index contributed by atoms with van der Waals surface area (Å²) in [5.74, 6) is 0.332. The summed E-state index contributed by atoms with van der Waals surface area (Å²) in [5, 5.41) is 9.17. The predicted molar refractivity (Wildman–Crippen MR) is 96.1 cm³/mol. The lowest BCUT2D eigenvalue weighted by molar-refractivity contribution is -0.146. The Kier molecular flexibility index (Phi) is 6.34. The number of piperidine rings is 1. The molecule has 0 aromatic carbocycles. The summed E-state index contributed by atoms with van der Waals surface area (Å²) < 4.78 is 0. The smallest absolute Gasteiger partial charge is 0.236 e. The average Bonchev–Trinajstić information content (AvgIpc) is 3.00.